The van der Waals surface area contributed by atoms with E-state index in [-0.39, 0.29) is 44.5 Å². The second kappa shape index (κ2) is 18.3. The van der Waals surface area contributed by atoms with Crippen LogP contribution < -0.4 is 21.3 Å². The summed E-state index contributed by atoms with van der Waals surface area (Å²) in [4.78, 5) is 72.7. The number of nitrogens with one attached hydrogen (secondary N) is 4. The molecule has 0 radical (unpaired) electrons. The van der Waals surface area contributed by atoms with Gasteiger partial charge < -0.3 is 45.2 Å². The van der Waals surface area contributed by atoms with Crippen LogP contribution in [0, 0.1) is 5.92 Å². The molecule has 2 fully saturated rings. The third-order valence-corrected chi connectivity index (χ3v) is 6.71. The van der Waals surface area contributed by atoms with E-state index in [0.717, 1.165) is 25.7 Å². The second-order valence-corrected chi connectivity index (χ2v) is 13.1. The number of nitrogens with zero attached hydrogens (tertiary/aromatic N) is 1. The van der Waals surface area contributed by atoms with Crippen LogP contribution in [-0.4, -0.2) is 97.4 Å². The summed E-state index contributed by atoms with van der Waals surface area (Å²) in [5.41, 5.74) is -2.42. The van der Waals surface area contributed by atoms with Crippen molar-refractivity contribution in [2.75, 3.05) is 33.3 Å². The molecule has 264 valence electrons. The Balaban J connectivity index is 0.00000126. The van der Waals surface area contributed by atoms with E-state index in [0.29, 0.717) is 18.9 Å². The summed E-state index contributed by atoms with van der Waals surface area (Å²) >= 11 is 0. The van der Waals surface area contributed by atoms with E-state index < -0.39 is 40.8 Å². The summed E-state index contributed by atoms with van der Waals surface area (Å²) < 4.78 is 15.2. The molecule has 1 heterocycles. The van der Waals surface area contributed by atoms with E-state index in [1.165, 1.54) is 12.0 Å². The van der Waals surface area contributed by atoms with Crippen molar-refractivity contribution >= 4 is 36.4 Å². The number of piperidine rings is 1. The van der Waals surface area contributed by atoms with Gasteiger partial charge in [-0.25, -0.2) is 14.4 Å². The average Bonchev–Trinajstić information content (AvgIpc) is 3.74. The molecule has 0 aromatic heterocycles. The number of unbranched alkanes of at least 4 members (excludes halogenated alkanes) is 1. The fourth-order valence-corrected chi connectivity index (χ4v) is 4.28. The van der Waals surface area contributed by atoms with Crippen molar-refractivity contribution in [3.63, 3.8) is 0 Å². The van der Waals surface area contributed by atoms with Crippen LogP contribution in [0.2, 0.25) is 0 Å². The summed E-state index contributed by atoms with van der Waals surface area (Å²) in [5.74, 6) is -0.952. The number of ether oxygens (including phenoxy) is 3. The van der Waals surface area contributed by atoms with Gasteiger partial charge in [0.25, 0.3) is 0 Å². The topological polar surface area (TPSA) is 181 Å². The SMILES string of the molecule is CCCCNC(=O)OC(C)(C)C.COC(=O)C1(NC(=O)OC(C)(C)C)CCN(C(=O)CNC(=O)C(CC2CC2)N[C-]=O)CC1.[Fm]. The number of alkyl carbamates (subject to hydrolysis) is 2. The maximum atomic E-state index is 12.6. The fraction of sp³-hybridized carbons (Fsp3) is 0.800. The van der Waals surface area contributed by atoms with E-state index in [9.17, 15) is 28.8 Å². The molecule has 1 atom stereocenters. The number of hydrogen-bond donors (Lipinski definition) is 4. The van der Waals surface area contributed by atoms with Gasteiger partial charge in [0.2, 0.25) is 11.8 Å². The summed E-state index contributed by atoms with van der Waals surface area (Å²) in [6.07, 6.45) is 5.42. The van der Waals surface area contributed by atoms with E-state index in [2.05, 4.69) is 28.2 Å². The Morgan fingerprint density at radius 2 is 1.49 bits per heavy atom. The maximum Gasteiger partial charge on any atom is 0.408 e. The minimum absolute atomic E-state index is 0. The van der Waals surface area contributed by atoms with Crippen molar-refractivity contribution in [1.29, 1.82) is 0 Å². The molecule has 1 aliphatic carbocycles. The molecule has 1 saturated carbocycles. The standard InChI is InChI=1S/C21H33N4O7.C9H19NO2.Fm/c1-20(2,3)32-19(30)24-21(18(29)31-4)7-9-25(10-8-21)16(27)12-22-17(28)15(23-13-26)11-14-5-6-14;1-5-6-7-10-8(11)12-9(2,3)4;/h14-15H,5-12H2,1-4H3,(H,22,28)(H,23,26)(H,24,30);5-7H2,1-4H3,(H,10,11);/q-1;;. The molecule has 0 aromatic carbocycles. The van der Waals surface area contributed by atoms with Crippen LogP contribution in [0.15, 0.2) is 0 Å². The third kappa shape index (κ3) is 16.2. The third-order valence-electron chi connectivity index (χ3n) is 6.71. The van der Waals surface area contributed by atoms with Crippen LogP contribution in [0.1, 0.15) is 93.4 Å². The first-order valence-electron chi connectivity index (χ1n) is 15.2. The minimum Gasteiger partial charge on any atom is -0.520 e. The van der Waals surface area contributed by atoms with Crippen molar-refractivity contribution in [3.05, 3.63) is 0 Å². The van der Waals surface area contributed by atoms with Gasteiger partial charge >= 0.3 is 18.2 Å². The minimum atomic E-state index is -1.30. The van der Waals surface area contributed by atoms with Crippen molar-refractivity contribution < 1.29 is 43.0 Å². The largest absolute Gasteiger partial charge is 0.520 e. The number of rotatable bonds is 12. The molecule has 14 nitrogen and oxygen atoms in total. The molecule has 1 unspecified atom stereocenters. The van der Waals surface area contributed by atoms with Gasteiger partial charge in [-0.05, 0) is 73.1 Å². The number of esters is 1. The molecule has 0 aromatic rings. The van der Waals surface area contributed by atoms with Gasteiger partial charge in [-0.1, -0.05) is 26.2 Å². The van der Waals surface area contributed by atoms with E-state index in [4.69, 9.17) is 14.2 Å². The predicted octanol–water partition coefficient (Wildman–Crippen LogP) is 2.30. The zero-order valence-corrected chi connectivity index (χ0v) is 30.2. The molecular formula is C30H52FmN5O9-. The van der Waals surface area contributed by atoms with Gasteiger partial charge in [-0.2, -0.15) is 6.41 Å². The molecule has 15 heteroatoms. The van der Waals surface area contributed by atoms with Crippen LogP contribution in [0.5, 0.6) is 0 Å². The Morgan fingerprint density at radius 1 is 0.933 bits per heavy atom. The molecular weight excluding hydrogens is 831 g/mol. The number of carbonyl (C=O) groups excluding carboxylic acids is 6. The normalized spacial score (nSPS) is 16.2. The monoisotopic (exact) mass is 883 g/mol. The Bertz CT molecular complexity index is 985. The van der Waals surface area contributed by atoms with Gasteiger partial charge in [-0.15, -0.1) is 0 Å². The zero-order valence-electron chi connectivity index (χ0n) is 27.8. The Hall–Kier alpha value is -4.58. The molecule has 1 saturated heterocycles. The second-order valence-electron chi connectivity index (χ2n) is 13.1. The molecule has 1 aliphatic heterocycles. The quantitative estimate of drug-likeness (QED) is 0.0753. The van der Waals surface area contributed by atoms with Crippen LogP contribution in [0.4, 0.5) is 9.59 Å². The Morgan fingerprint density at radius 3 is 1.96 bits per heavy atom. The average molecular weight is 884 g/mol. The van der Waals surface area contributed by atoms with Crippen molar-refractivity contribution in [1.82, 2.24) is 26.2 Å². The summed E-state index contributed by atoms with van der Waals surface area (Å²) in [6.45, 7) is 13.6. The summed E-state index contributed by atoms with van der Waals surface area (Å²) in [6, 6.07) is -0.709. The Labute approximate surface area is 261 Å². The van der Waals surface area contributed by atoms with Crippen molar-refractivity contribution in [2.45, 2.75) is 116 Å². The van der Waals surface area contributed by atoms with Gasteiger partial charge in [0.1, 0.15) is 16.7 Å². The van der Waals surface area contributed by atoms with Crippen LogP contribution in [0.3, 0.4) is 0 Å². The molecule has 4 N–H and O–H groups in total. The Kier molecular flexibility index (Phi) is 16.4. The fourth-order valence-electron chi connectivity index (χ4n) is 4.28. The first-order valence-corrected chi connectivity index (χ1v) is 15.2. The number of methoxy groups -OCH3 is 1. The van der Waals surface area contributed by atoms with Gasteiger partial charge in [0, 0.05) is 19.6 Å². The van der Waals surface area contributed by atoms with Crippen LogP contribution in [-0.2, 0) is 33.4 Å². The van der Waals surface area contributed by atoms with Gasteiger partial charge in [-0.3, -0.25) is 9.59 Å². The smallest absolute Gasteiger partial charge is 0.408 e. The van der Waals surface area contributed by atoms with E-state index in [1.54, 1.807) is 27.2 Å². The first-order chi connectivity index (χ1) is 20.4. The summed E-state index contributed by atoms with van der Waals surface area (Å²) in [5, 5.41) is 10.2. The number of carbonyl (C=O) groups is 5. The van der Waals surface area contributed by atoms with Crippen molar-refractivity contribution in [3.8, 4) is 0 Å². The zero-order chi connectivity index (χ0) is 33.6. The molecule has 2 aliphatic rings. The number of amides is 5. The van der Waals surface area contributed by atoms with Gasteiger partial charge in [0.05, 0.1) is 19.7 Å². The van der Waals surface area contributed by atoms with Gasteiger partial charge in [0.15, 0.2) is 0 Å². The first kappa shape index (κ1) is 40.4. The number of likely N-dealkylation sites (tertiary alicyclic amines) is 1. The molecule has 0 bridgehead atoms. The maximum absolute atomic E-state index is 12.6. The summed E-state index contributed by atoms with van der Waals surface area (Å²) in [7, 11) is 1.23. The number of hydrogen-bond acceptors (Lipinski definition) is 9. The molecule has 0 spiro atoms. The molecule has 2 rings (SSSR count). The molecule has 45 heavy (non-hydrogen) atoms. The van der Waals surface area contributed by atoms with E-state index >= 15 is 0 Å². The predicted molar refractivity (Wildman–Crippen MR) is 162 cm³/mol. The van der Waals surface area contributed by atoms with Crippen molar-refractivity contribution in [2.24, 2.45) is 5.92 Å². The molecule has 5 amide bonds. The van der Waals surface area contributed by atoms with E-state index in [1.807, 2.05) is 20.8 Å². The van der Waals surface area contributed by atoms with Crippen LogP contribution >= 0.6 is 0 Å². The van der Waals surface area contributed by atoms with Crippen LogP contribution in [0.25, 0.3) is 0 Å².